The number of hydrogen-bond donors (Lipinski definition) is 2. The Balaban J connectivity index is 2.66. The van der Waals surface area contributed by atoms with E-state index in [4.69, 9.17) is 5.11 Å². The summed E-state index contributed by atoms with van der Waals surface area (Å²) >= 11 is 0. The molecule has 0 radical (unpaired) electrons. The third-order valence-electron chi connectivity index (χ3n) is 2.45. The average molecular weight is 218 g/mol. The highest BCUT2D eigenvalue weighted by molar-refractivity contribution is 6.42. The maximum atomic E-state index is 11.4. The van der Waals surface area contributed by atoms with Gasteiger partial charge in [0.15, 0.2) is 0 Å². The molecule has 82 valence electrons. The molecule has 0 bridgehead atoms. The first kappa shape index (κ1) is 10.4. The molecular formula is C11H10N2O3. The van der Waals surface area contributed by atoms with Crippen LogP contribution in [-0.2, 0) is 11.2 Å². The molecule has 0 aromatic carbocycles. The molecule has 5 heteroatoms. The van der Waals surface area contributed by atoms with Crippen molar-refractivity contribution in [1.82, 2.24) is 9.97 Å². The van der Waals surface area contributed by atoms with Gasteiger partial charge in [-0.2, -0.15) is 0 Å². The van der Waals surface area contributed by atoms with Gasteiger partial charge in [0.2, 0.25) is 0 Å². The Morgan fingerprint density at radius 2 is 2.25 bits per heavy atom. The number of pyridine rings is 1. The van der Waals surface area contributed by atoms with Crippen LogP contribution in [0.3, 0.4) is 0 Å². The van der Waals surface area contributed by atoms with Gasteiger partial charge < -0.3 is 10.1 Å². The van der Waals surface area contributed by atoms with E-state index >= 15 is 0 Å². The number of ketones is 1. The van der Waals surface area contributed by atoms with E-state index in [9.17, 15) is 9.59 Å². The first-order chi connectivity index (χ1) is 7.65. The van der Waals surface area contributed by atoms with Crippen LogP contribution in [-0.4, -0.2) is 26.8 Å². The van der Waals surface area contributed by atoms with Gasteiger partial charge in [-0.1, -0.05) is 6.92 Å². The normalized spacial score (nSPS) is 10.6. The maximum absolute atomic E-state index is 11.4. The summed E-state index contributed by atoms with van der Waals surface area (Å²) in [5.74, 6) is -2.35. The van der Waals surface area contributed by atoms with Gasteiger partial charge in [-0.05, 0) is 12.5 Å². The third kappa shape index (κ3) is 1.46. The third-order valence-corrected chi connectivity index (χ3v) is 2.45. The van der Waals surface area contributed by atoms with E-state index in [0.29, 0.717) is 5.39 Å². The van der Waals surface area contributed by atoms with Crippen LogP contribution in [0.5, 0.6) is 0 Å². The monoisotopic (exact) mass is 218 g/mol. The largest absolute Gasteiger partial charge is 0.475 e. The standard InChI is InChI=1S/C11H10N2O3/c1-2-8-9-6(3-4-12-8)7(5-13-9)10(14)11(15)16/h3-5,13H,2H2,1H3,(H,15,16). The van der Waals surface area contributed by atoms with Crippen LogP contribution >= 0.6 is 0 Å². The van der Waals surface area contributed by atoms with Crippen molar-refractivity contribution in [2.24, 2.45) is 0 Å². The highest BCUT2D eigenvalue weighted by Gasteiger charge is 2.19. The molecule has 16 heavy (non-hydrogen) atoms. The van der Waals surface area contributed by atoms with E-state index in [1.807, 2.05) is 6.92 Å². The molecule has 0 fully saturated rings. The fourth-order valence-corrected chi connectivity index (χ4v) is 1.68. The number of hydrogen-bond acceptors (Lipinski definition) is 3. The molecule has 5 nitrogen and oxygen atoms in total. The quantitative estimate of drug-likeness (QED) is 0.602. The van der Waals surface area contributed by atoms with Crippen molar-refractivity contribution in [2.45, 2.75) is 13.3 Å². The number of carboxylic acid groups (broad SMARTS) is 1. The van der Waals surface area contributed by atoms with Crippen molar-refractivity contribution in [2.75, 3.05) is 0 Å². The first-order valence-corrected chi connectivity index (χ1v) is 4.87. The molecule has 0 spiro atoms. The van der Waals surface area contributed by atoms with Crippen LogP contribution in [0.1, 0.15) is 23.0 Å². The number of aromatic nitrogens is 2. The Bertz CT molecular complexity index is 572. The highest BCUT2D eigenvalue weighted by atomic mass is 16.4. The lowest BCUT2D eigenvalue weighted by Gasteiger charge is -1.98. The Kier molecular flexibility index (Phi) is 2.44. The highest BCUT2D eigenvalue weighted by Crippen LogP contribution is 2.20. The number of Topliss-reactive ketones (excluding diaryl/α,β-unsaturated/α-hetero) is 1. The lowest BCUT2D eigenvalue weighted by atomic mass is 10.1. The van der Waals surface area contributed by atoms with Crippen molar-refractivity contribution in [1.29, 1.82) is 0 Å². The number of nitrogens with one attached hydrogen (secondary N) is 1. The molecule has 2 N–H and O–H groups in total. The predicted molar refractivity (Wildman–Crippen MR) is 57.4 cm³/mol. The number of nitrogens with zero attached hydrogens (tertiary/aromatic N) is 1. The summed E-state index contributed by atoms with van der Waals surface area (Å²) in [6.45, 7) is 1.95. The van der Waals surface area contributed by atoms with Crippen molar-refractivity contribution in [3.05, 3.63) is 29.7 Å². The summed E-state index contributed by atoms with van der Waals surface area (Å²) in [6, 6.07) is 1.64. The number of aliphatic carboxylic acids is 1. The van der Waals surface area contributed by atoms with E-state index < -0.39 is 11.8 Å². The van der Waals surface area contributed by atoms with Gasteiger partial charge in [-0.3, -0.25) is 9.78 Å². The Morgan fingerprint density at radius 1 is 1.50 bits per heavy atom. The van der Waals surface area contributed by atoms with Crippen molar-refractivity contribution >= 4 is 22.7 Å². The number of H-pyrrole nitrogens is 1. The fourth-order valence-electron chi connectivity index (χ4n) is 1.68. The Morgan fingerprint density at radius 3 is 2.88 bits per heavy atom. The van der Waals surface area contributed by atoms with Crippen molar-refractivity contribution in [3.63, 3.8) is 0 Å². The number of fused-ring (bicyclic) bond motifs is 1. The number of carbonyl (C=O) groups excluding carboxylic acids is 1. The van der Waals surface area contributed by atoms with E-state index in [1.54, 1.807) is 12.3 Å². The second-order valence-electron chi connectivity index (χ2n) is 3.37. The molecule has 0 aliphatic heterocycles. The minimum absolute atomic E-state index is 0.180. The van der Waals surface area contributed by atoms with E-state index in [1.165, 1.54) is 6.20 Å². The molecule has 0 aliphatic rings. The van der Waals surface area contributed by atoms with Crippen LogP contribution < -0.4 is 0 Å². The molecule has 0 saturated heterocycles. The summed E-state index contributed by atoms with van der Waals surface area (Å²) in [7, 11) is 0. The minimum Gasteiger partial charge on any atom is -0.475 e. The topological polar surface area (TPSA) is 83.1 Å². The summed E-state index contributed by atoms with van der Waals surface area (Å²) in [5.41, 5.74) is 1.73. The fraction of sp³-hybridized carbons (Fsp3) is 0.182. The van der Waals surface area contributed by atoms with Crippen LogP contribution in [0.15, 0.2) is 18.5 Å². The van der Waals surface area contributed by atoms with Gasteiger partial charge in [0, 0.05) is 17.8 Å². The lowest BCUT2D eigenvalue weighted by molar-refractivity contribution is -0.131. The van der Waals surface area contributed by atoms with Gasteiger partial charge in [-0.15, -0.1) is 0 Å². The molecule has 0 unspecified atom stereocenters. The lowest BCUT2D eigenvalue weighted by Crippen LogP contribution is -2.11. The smallest absolute Gasteiger partial charge is 0.377 e. The average Bonchev–Trinajstić information content (AvgIpc) is 2.71. The molecule has 0 amide bonds. The second-order valence-corrected chi connectivity index (χ2v) is 3.37. The number of rotatable bonds is 3. The van der Waals surface area contributed by atoms with Crippen molar-refractivity contribution < 1.29 is 14.7 Å². The Hall–Kier alpha value is -2.17. The van der Waals surface area contributed by atoms with Gasteiger partial charge >= 0.3 is 5.97 Å². The molecule has 2 aromatic rings. The zero-order valence-electron chi connectivity index (χ0n) is 8.65. The van der Waals surface area contributed by atoms with E-state index in [2.05, 4.69) is 9.97 Å². The number of carboxylic acids is 1. The summed E-state index contributed by atoms with van der Waals surface area (Å²) in [4.78, 5) is 29.0. The first-order valence-electron chi connectivity index (χ1n) is 4.87. The second kappa shape index (κ2) is 3.77. The van der Waals surface area contributed by atoms with Crippen LogP contribution in [0.4, 0.5) is 0 Å². The summed E-state index contributed by atoms with van der Waals surface area (Å²) in [6.07, 6.45) is 3.72. The van der Waals surface area contributed by atoms with Gasteiger partial charge in [0.25, 0.3) is 5.78 Å². The molecule has 0 atom stereocenters. The van der Waals surface area contributed by atoms with Crippen LogP contribution in [0.2, 0.25) is 0 Å². The molecule has 2 aromatic heterocycles. The van der Waals surface area contributed by atoms with Crippen LogP contribution in [0.25, 0.3) is 10.9 Å². The Labute approximate surface area is 91.1 Å². The summed E-state index contributed by atoms with van der Waals surface area (Å²) < 4.78 is 0. The SMILES string of the molecule is CCc1nccc2c(C(=O)C(=O)O)c[nH]c12. The molecule has 2 heterocycles. The molecule has 2 rings (SSSR count). The number of carbonyl (C=O) groups is 2. The number of aromatic amines is 1. The van der Waals surface area contributed by atoms with E-state index in [-0.39, 0.29) is 5.56 Å². The maximum Gasteiger partial charge on any atom is 0.377 e. The van der Waals surface area contributed by atoms with E-state index in [0.717, 1.165) is 17.6 Å². The zero-order chi connectivity index (χ0) is 11.7. The van der Waals surface area contributed by atoms with Gasteiger partial charge in [0.05, 0.1) is 16.8 Å². The van der Waals surface area contributed by atoms with Gasteiger partial charge in [0.1, 0.15) is 0 Å². The minimum atomic E-state index is -1.45. The molecule has 0 saturated carbocycles. The van der Waals surface area contributed by atoms with Gasteiger partial charge in [-0.25, -0.2) is 4.79 Å². The molecule has 0 aliphatic carbocycles. The predicted octanol–water partition coefficient (Wildman–Crippen LogP) is 1.39. The zero-order valence-corrected chi connectivity index (χ0v) is 8.65. The number of aryl methyl sites for hydroxylation is 1. The van der Waals surface area contributed by atoms with Crippen molar-refractivity contribution in [3.8, 4) is 0 Å². The summed E-state index contributed by atoms with van der Waals surface area (Å²) in [5, 5.41) is 9.27. The van der Waals surface area contributed by atoms with Crippen LogP contribution in [0, 0.1) is 0 Å². The molecular weight excluding hydrogens is 208 g/mol.